The average molecular weight is 380 g/mol. The first kappa shape index (κ1) is 19.1. The van der Waals surface area contributed by atoms with Crippen molar-refractivity contribution in [2.45, 2.75) is 89.3 Å². The van der Waals surface area contributed by atoms with E-state index in [9.17, 15) is 13.2 Å². The molecule has 1 aromatic rings. The third-order valence-electron chi connectivity index (χ3n) is 7.37. The van der Waals surface area contributed by atoms with Gasteiger partial charge in [-0.05, 0) is 92.2 Å². The highest BCUT2D eigenvalue weighted by molar-refractivity contribution is 5.40. The summed E-state index contributed by atoms with van der Waals surface area (Å²) >= 11 is 0. The van der Waals surface area contributed by atoms with Gasteiger partial charge in [-0.25, -0.2) is 0 Å². The number of hydrogen-bond acceptors (Lipinski definition) is 1. The second kappa shape index (κ2) is 7.67. The Kier molecular flexibility index (Phi) is 5.44. The van der Waals surface area contributed by atoms with Gasteiger partial charge in [-0.3, -0.25) is 0 Å². The molecule has 0 N–H and O–H groups in total. The second-order valence-electron chi connectivity index (χ2n) is 9.19. The fraction of sp³-hybridized carbons (Fsp3) is 0.739. The normalized spacial score (nSPS) is 34.6. The van der Waals surface area contributed by atoms with Crippen LogP contribution in [0.2, 0.25) is 0 Å². The molecule has 150 valence electrons. The predicted molar refractivity (Wildman–Crippen MR) is 101 cm³/mol. The Hall–Kier alpha value is -1.19. The molecule has 0 bridgehead atoms. The molecule has 0 radical (unpaired) electrons. The highest BCUT2D eigenvalue weighted by atomic mass is 19.4. The van der Waals surface area contributed by atoms with E-state index in [1.807, 2.05) is 6.07 Å². The average Bonchev–Trinajstić information content (AvgIpc) is 2.67. The Bertz CT molecular complexity index is 638. The predicted octanol–water partition coefficient (Wildman–Crippen LogP) is 7.04. The van der Waals surface area contributed by atoms with E-state index in [-0.39, 0.29) is 6.42 Å². The summed E-state index contributed by atoms with van der Waals surface area (Å²) in [6.07, 6.45) is 5.26. The lowest BCUT2D eigenvalue weighted by atomic mass is 9.68. The lowest BCUT2D eigenvalue weighted by molar-refractivity contribution is -0.199. The lowest BCUT2D eigenvalue weighted by Crippen LogP contribution is -2.37. The molecule has 1 heterocycles. The van der Waals surface area contributed by atoms with Crippen LogP contribution in [0.5, 0.6) is 5.75 Å². The van der Waals surface area contributed by atoms with Crippen molar-refractivity contribution in [2.24, 2.45) is 17.8 Å². The van der Waals surface area contributed by atoms with Gasteiger partial charge in [0, 0.05) is 0 Å². The van der Waals surface area contributed by atoms with Gasteiger partial charge in [0.05, 0.1) is 0 Å². The first-order valence-electron chi connectivity index (χ1n) is 10.8. The topological polar surface area (TPSA) is 9.23 Å². The van der Waals surface area contributed by atoms with Gasteiger partial charge in [0.1, 0.15) is 5.75 Å². The minimum Gasteiger partial charge on any atom is -0.481 e. The maximum atomic E-state index is 12.9. The van der Waals surface area contributed by atoms with Crippen LogP contribution in [0.1, 0.15) is 81.8 Å². The molecule has 1 aromatic carbocycles. The molecule has 2 saturated carbocycles. The monoisotopic (exact) mass is 380 g/mol. The molecule has 1 atom stereocenters. The molecular formula is C23H31F3O. The summed E-state index contributed by atoms with van der Waals surface area (Å²) in [4.78, 5) is 0. The van der Waals surface area contributed by atoms with E-state index in [0.717, 1.165) is 23.3 Å². The van der Waals surface area contributed by atoms with Crippen LogP contribution in [0.15, 0.2) is 18.2 Å². The molecule has 0 amide bonds. The molecule has 0 saturated heterocycles. The van der Waals surface area contributed by atoms with E-state index in [1.165, 1.54) is 56.9 Å². The second-order valence-corrected chi connectivity index (χ2v) is 9.19. The van der Waals surface area contributed by atoms with E-state index in [2.05, 4.69) is 13.0 Å². The van der Waals surface area contributed by atoms with Crippen LogP contribution >= 0.6 is 0 Å². The van der Waals surface area contributed by atoms with Gasteiger partial charge in [-0.15, -0.1) is 0 Å². The van der Waals surface area contributed by atoms with Crippen LogP contribution in [0.4, 0.5) is 13.2 Å². The maximum absolute atomic E-state index is 12.9. The Morgan fingerprint density at radius 1 is 0.852 bits per heavy atom. The van der Waals surface area contributed by atoms with Gasteiger partial charge in [0.2, 0.25) is 0 Å². The van der Waals surface area contributed by atoms with Crippen molar-refractivity contribution in [2.75, 3.05) is 0 Å². The molecule has 4 heteroatoms. The molecule has 1 nitrogen and oxygen atoms in total. The van der Waals surface area contributed by atoms with Gasteiger partial charge in [0.25, 0.3) is 0 Å². The number of ether oxygens (including phenoxy) is 1. The number of rotatable bonds is 2. The summed E-state index contributed by atoms with van der Waals surface area (Å²) in [5, 5.41) is 0. The van der Waals surface area contributed by atoms with Gasteiger partial charge in [0.15, 0.2) is 6.10 Å². The third kappa shape index (κ3) is 4.30. The van der Waals surface area contributed by atoms with E-state index in [0.29, 0.717) is 18.1 Å². The molecular weight excluding hydrogens is 349 g/mol. The SMILES string of the molecule is CC1CCC(C2CCC(c3ccc4c(c3)CCC(C(F)(F)F)O4)CC2)CC1. The number of aryl methyl sites for hydroxylation is 1. The lowest BCUT2D eigenvalue weighted by Gasteiger charge is -2.37. The van der Waals surface area contributed by atoms with Gasteiger partial charge < -0.3 is 4.74 Å². The van der Waals surface area contributed by atoms with Gasteiger partial charge >= 0.3 is 6.18 Å². The zero-order chi connectivity index (χ0) is 19.0. The Morgan fingerprint density at radius 3 is 2.11 bits per heavy atom. The highest BCUT2D eigenvalue weighted by Gasteiger charge is 2.43. The minimum atomic E-state index is -4.27. The third-order valence-corrected chi connectivity index (χ3v) is 7.37. The minimum absolute atomic E-state index is 0.0345. The number of alkyl halides is 3. The van der Waals surface area contributed by atoms with Crippen LogP contribution in [0, 0.1) is 17.8 Å². The molecule has 2 aliphatic carbocycles. The van der Waals surface area contributed by atoms with Crippen molar-refractivity contribution >= 4 is 0 Å². The molecule has 3 aliphatic rings. The zero-order valence-corrected chi connectivity index (χ0v) is 16.2. The van der Waals surface area contributed by atoms with E-state index >= 15 is 0 Å². The van der Waals surface area contributed by atoms with Crippen molar-refractivity contribution in [3.05, 3.63) is 29.3 Å². The highest BCUT2D eigenvalue weighted by Crippen LogP contribution is 2.45. The summed E-state index contributed by atoms with van der Waals surface area (Å²) in [5.41, 5.74) is 2.26. The van der Waals surface area contributed by atoms with Crippen LogP contribution in [-0.4, -0.2) is 12.3 Å². The van der Waals surface area contributed by atoms with Crippen molar-refractivity contribution in [1.29, 1.82) is 0 Å². The van der Waals surface area contributed by atoms with Crippen molar-refractivity contribution < 1.29 is 17.9 Å². The molecule has 0 spiro atoms. The number of benzene rings is 1. The number of fused-ring (bicyclic) bond motifs is 1. The summed E-state index contributed by atoms with van der Waals surface area (Å²) in [6, 6.07) is 5.90. The Morgan fingerprint density at radius 2 is 1.48 bits per heavy atom. The molecule has 4 rings (SSSR count). The van der Waals surface area contributed by atoms with E-state index in [1.54, 1.807) is 6.07 Å². The fourth-order valence-electron chi connectivity index (χ4n) is 5.57. The molecule has 27 heavy (non-hydrogen) atoms. The number of halogens is 3. The maximum Gasteiger partial charge on any atom is 0.425 e. The summed E-state index contributed by atoms with van der Waals surface area (Å²) in [6.45, 7) is 2.38. The molecule has 2 fully saturated rings. The fourth-order valence-corrected chi connectivity index (χ4v) is 5.57. The standard InChI is InChI=1S/C23H31F3O/c1-15-2-4-16(5-3-15)17-6-8-18(9-7-17)19-10-12-21-20(14-19)11-13-22(27-21)23(24,25)26/h10,12,14-18,22H,2-9,11,13H2,1H3. The van der Waals surface area contributed by atoms with E-state index < -0.39 is 12.3 Å². The molecule has 1 aliphatic heterocycles. The first-order chi connectivity index (χ1) is 12.9. The Labute approximate surface area is 160 Å². The van der Waals surface area contributed by atoms with Crippen LogP contribution in [0.25, 0.3) is 0 Å². The smallest absolute Gasteiger partial charge is 0.425 e. The molecule has 0 aromatic heterocycles. The first-order valence-corrected chi connectivity index (χ1v) is 10.8. The van der Waals surface area contributed by atoms with Crippen LogP contribution in [-0.2, 0) is 6.42 Å². The Balaban J connectivity index is 1.36. The van der Waals surface area contributed by atoms with Crippen LogP contribution in [0.3, 0.4) is 0 Å². The number of hydrogen-bond donors (Lipinski definition) is 0. The van der Waals surface area contributed by atoms with Crippen molar-refractivity contribution in [3.63, 3.8) is 0 Å². The van der Waals surface area contributed by atoms with Crippen molar-refractivity contribution in [3.8, 4) is 5.75 Å². The quantitative estimate of drug-likeness (QED) is 0.534. The summed E-state index contributed by atoms with van der Waals surface area (Å²) < 4.78 is 43.9. The molecule has 1 unspecified atom stereocenters. The summed E-state index contributed by atoms with van der Waals surface area (Å²) in [5.74, 6) is 3.72. The largest absolute Gasteiger partial charge is 0.481 e. The van der Waals surface area contributed by atoms with Crippen LogP contribution < -0.4 is 4.74 Å². The zero-order valence-electron chi connectivity index (χ0n) is 16.2. The van der Waals surface area contributed by atoms with Crippen molar-refractivity contribution in [1.82, 2.24) is 0 Å². The van der Waals surface area contributed by atoms with E-state index in [4.69, 9.17) is 4.74 Å². The summed E-state index contributed by atoms with van der Waals surface area (Å²) in [7, 11) is 0. The van der Waals surface area contributed by atoms with Gasteiger partial charge in [-0.1, -0.05) is 31.9 Å². The van der Waals surface area contributed by atoms with Gasteiger partial charge in [-0.2, -0.15) is 13.2 Å².